The largest absolute Gasteiger partial charge is 0.307 e. The van der Waals surface area contributed by atoms with Crippen LogP contribution in [0.15, 0.2) is 12.2 Å². The van der Waals surface area contributed by atoms with E-state index in [1.54, 1.807) is 13.0 Å². The van der Waals surface area contributed by atoms with Gasteiger partial charge in [0.2, 0.25) is 0 Å². The van der Waals surface area contributed by atoms with Gasteiger partial charge >= 0.3 is 0 Å². The Kier molecular flexibility index (Phi) is 21.1. The van der Waals surface area contributed by atoms with Crippen LogP contribution in [0, 0.1) is 0 Å². The molecular formula is C4H8O3S. The molecule has 0 unspecified atom stereocenters. The number of hydrogen-bond donors (Lipinski definition) is 2. The smallest absolute Gasteiger partial charge is 0.152 e. The molecule has 0 radical (unpaired) electrons. The van der Waals surface area contributed by atoms with Gasteiger partial charge in [0.1, 0.15) is 6.29 Å². The molecule has 0 aliphatic carbocycles. The molecule has 4 heteroatoms. The van der Waals surface area contributed by atoms with Crippen LogP contribution in [0.2, 0.25) is 0 Å². The van der Waals surface area contributed by atoms with E-state index >= 15 is 0 Å². The number of allylic oxidation sites excluding steroid dienone is 2. The van der Waals surface area contributed by atoms with E-state index in [1.165, 1.54) is 6.08 Å². The Morgan fingerprint density at radius 3 is 1.88 bits per heavy atom. The minimum Gasteiger partial charge on any atom is -0.307 e. The highest BCUT2D eigenvalue weighted by Crippen LogP contribution is 1.67. The van der Waals surface area contributed by atoms with Crippen molar-refractivity contribution in [1.29, 1.82) is 0 Å². The number of aldehydes is 1. The third-order valence-corrected chi connectivity index (χ3v) is 0.271. The topological polar surface area (TPSA) is 57.5 Å². The fraction of sp³-hybridized carbons (Fsp3) is 0.250. The summed E-state index contributed by atoms with van der Waals surface area (Å²) >= 11 is -0.250. The fourth-order valence-electron chi connectivity index (χ4n) is 0.0786. The van der Waals surface area contributed by atoms with Crippen LogP contribution in [0.1, 0.15) is 6.92 Å². The third-order valence-electron chi connectivity index (χ3n) is 0.271. The average molecular weight is 136 g/mol. The SMILES string of the molecule is CC=CC=O.OSO. The maximum atomic E-state index is 9.32. The van der Waals surface area contributed by atoms with Crippen molar-refractivity contribution in [2.24, 2.45) is 0 Å². The summed E-state index contributed by atoms with van der Waals surface area (Å²) < 4.78 is 14.1. The molecule has 0 heterocycles. The van der Waals surface area contributed by atoms with Crippen molar-refractivity contribution >= 4 is 18.6 Å². The van der Waals surface area contributed by atoms with Gasteiger partial charge in [0, 0.05) is 0 Å². The Hall–Kier alpha value is -0.320. The molecule has 0 saturated heterocycles. The maximum Gasteiger partial charge on any atom is 0.152 e. The van der Waals surface area contributed by atoms with Gasteiger partial charge in [-0.3, -0.25) is 4.79 Å². The van der Waals surface area contributed by atoms with Gasteiger partial charge in [-0.15, -0.1) is 0 Å². The Morgan fingerprint density at radius 1 is 1.50 bits per heavy atom. The highest BCUT2D eigenvalue weighted by Gasteiger charge is 1.48. The van der Waals surface area contributed by atoms with Gasteiger partial charge in [0.25, 0.3) is 0 Å². The van der Waals surface area contributed by atoms with E-state index < -0.39 is 0 Å². The Morgan fingerprint density at radius 2 is 1.88 bits per heavy atom. The number of hydrogen-bond acceptors (Lipinski definition) is 4. The lowest BCUT2D eigenvalue weighted by Gasteiger charge is -1.51. The molecule has 0 aromatic carbocycles. The quantitative estimate of drug-likeness (QED) is 0.325. The first-order chi connectivity index (χ1) is 3.83. The molecule has 3 nitrogen and oxygen atoms in total. The summed E-state index contributed by atoms with van der Waals surface area (Å²) in [6.45, 7) is 1.80. The van der Waals surface area contributed by atoms with Gasteiger partial charge in [-0.2, -0.15) is 0 Å². The Bertz CT molecular complexity index is 62.3. The van der Waals surface area contributed by atoms with Crippen LogP contribution in [0.5, 0.6) is 0 Å². The predicted octanol–water partition coefficient (Wildman–Crippen LogP) is 1.43. The molecule has 2 N–H and O–H groups in total. The summed E-state index contributed by atoms with van der Waals surface area (Å²) in [5.74, 6) is 0. The van der Waals surface area contributed by atoms with Crippen molar-refractivity contribution < 1.29 is 13.9 Å². The molecule has 0 bridgehead atoms. The molecule has 0 rings (SSSR count). The number of carbonyl (C=O) groups excluding carboxylic acids is 1. The zero-order valence-corrected chi connectivity index (χ0v) is 5.26. The van der Waals surface area contributed by atoms with E-state index in [-0.39, 0.29) is 12.3 Å². The van der Waals surface area contributed by atoms with Crippen molar-refractivity contribution in [1.82, 2.24) is 0 Å². The van der Waals surface area contributed by atoms with E-state index in [9.17, 15) is 4.79 Å². The molecule has 0 fully saturated rings. The van der Waals surface area contributed by atoms with E-state index in [2.05, 4.69) is 0 Å². The van der Waals surface area contributed by atoms with Crippen LogP contribution in [0.25, 0.3) is 0 Å². The number of rotatable bonds is 1. The average Bonchev–Trinajstić information content (AvgIpc) is 1.71. The van der Waals surface area contributed by atoms with Gasteiger partial charge in [-0.05, 0) is 13.0 Å². The van der Waals surface area contributed by atoms with E-state index in [1.807, 2.05) is 0 Å². The molecule has 0 atom stereocenters. The summed E-state index contributed by atoms with van der Waals surface area (Å²) in [4.78, 5) is 9.32. The standard InChI is InChI=1S/C4H6O.H2O2S/c1-2-3-4-5;1-3-2/h2-4H,1H3;1-2H. The molecule has 8 heavy (non-hydrogen) atoms. The summed E-state index contributed by atoms with van der Waals surface area (Å²) in [6, 6.07) is 0. The van der Waals surface area contributed by atoms with Gasteiger partial charge in [0.15, 0.2) is 12.3 Å². The normalized spacial score (nSPS) is 7.88. The van der Waals surface area contributed by atoms with Crippen LogP contribution >= 0.6 is 12.3 Å². The van der Waals surface area contributed by atoms with Crippen LogP contribution in [0.4, 0.5) is 0 Å². The van der Waals surface area contributed by atoms with Gasteiger partial charge < -0.3 is 9.11 Å². The highest BCUT2D eigenvalue weighted by molar-refractivity contribution is 7.87. The van der Waals surface area contributed by atoms with Crippen molar-refractivity contribution in [3.8, 4) is 0 Å². The van der Waals surface area contributed by atoms with Crippen molar-refractivity contribution in [2.45, 2.75) is 6.92 Å². The van der Waals surface area contributed by atoms with Gasteiger partial charge in [-0.1, -0.05) is 6.08 Å². The summed E-state index contributed by atoms with van der Waals surface area (Å²) in [7, 11) is 0. The first kappa shape index (κ1) is 10.6. The lowest BCUT2D eigenvalue weighted by Crippen LogP contribution is -1.50. The lowest BCUT2D eigenvalue weighted by atomic mass is 10.6. The minimum absolute atomic E-state index is 0.250. The molecule has 0 aromatic heterocycles. The van der Waals surface area contributed by atoms with E-state index in [4.69, 9.17) is 9.11 Å². The summed E-state index contributed by atoms with van der Waals surface area (Å²) in [6.07, 6.45) is 3.88. The van der Waals surface area contributed by atoms with Crippen molar-refractivity contribution in [3.63, 3.8) is 0 Å². The Labute approximate surface area is 52.4 Å². The van der Waals surface area contributed by atoms with E-state index in [0.717, 1.165) is 6.29 Å². The fourth-order valence-corrected chi connectivity index (χ4v) is 0.0786. The van der Waals surface area contributed by atoms with Crippen LogP contribution in [-0.2, 0) is 4.79 Å². The number of carbonyl (C=O) groups is 1. The third kappa shape index (κ3) is 44.1. The second kappa shape index (κ2) is 15.9. The molecule has 0 saturated carbocycles. The molecule has 0 spiro atoms. The zero-order valence-electron chi connectivity index (χ0n) is 4.44. The molecule has 0 aliphatic heterocycles. The van der Waals surface area contributed by atoms with Gasteiger partial charge in [-0.25, -0.2) is 0 Å². The predicted molar refractivity (Wildman–Crippen MR) is 33.7 cm³/mol. The van der Waals surface area contributed by atoms with Crippen molar-refractivity contribution in [3.05, 3.63) is 12.2 Å². The van der Waals surface area contributed by atoms with Gasteiger partial charge in [0.05, 0.1) is 0 Å². The van der Waals surface area contributed by atoms with Crippen LogP contribution < -0.4 is 0 Å². The highest BCUT2D eigenvalue weighted by atomic mass is 32.2. The van der Waals surface area contributed by atoms with Crippen molar-refractivity contribution in [2.75, 3.05) is 0 Å². The summed E-state index contributed by atoms with van der Waals surface area (Å²) in [5, 5.41) is 0. The second-order valence-corrected chi connectivity index (χ2v) is 0.907. The lowest BCUT2D eigenvalue weighted by molar-refractivity contribution is -0.104. The molecule has 0 aliphatic rings. The summed E-state index contributed by atoms with van der Waals surface area (Å²) in [5.41, 5.74) is 0. The first-order valence-corrected chi connectivity index (χ1v) is 2.58. The maximum absolute atomic E-state index is 9.32. The molecule has 0 aromatic rings. The molecule has 48 valence electrons. The molecule has 0 amide bonds. The Balaban J connectivity index is 0. The minimum atomic E-state index is -0.250. The first-order valence-electron chi connectivity index (χ1n) is 1.84. The van der Waals surface area contributed by atoms with Crippen LogP contribution in [-0.4, -0.2) is 15.4 Å². The van der Waals surface area contributed by atoms with Crippen LogP contribution in [0.3, 0.4) is 0 Å². The zero-order chi connectivity index (χ0) is 6.83. The van der Waals surface area contributed by atoms with E-state index in [0.29, 0.717) is 0 Å². The molecular weight excluding hydrogens is 128 g/mol. The second-order valence-electron chi connectivity index (χ2n) is 0.744. The monoisotopic (exact) mass is 136 g/mol.